The Morgan fingerprint density at radius 1 is 1.03 bits per heavy atom. The maximum absolute atomic E-state index is 13.1. The summed E-state index contributed by atoms with van der Waals surface area (Å²) in [4.78, 5) is 30.2. The number of likely N-dealkylation sites (tertiary alicyclic amines) is 1. The number of hydrogen-bond donors (Lipinski definition) is 1. The number of carbonyl (C=O) groups excluding carboxylic acids is 1. The molecule has 1 aliphatic heterocycles. The first-order chi connectivity index (χ1) is 14.1. The molecule has 1 saturated heterocycles. The minimum absolute atomic E-state index is 0.0752. The molecule has 1 aromatic heterocycles. The van der Waals surface area contributed by atoms with E-state index in [1.165, 1.54) is 0 Å². The molecule has 0 atom stereocenters. The normalized spacial score (nSPS) is 14.7. The third kappa shape index (κ3) is 4.21. The minimum Gasteiger partial charge on any atom is -0.481 e. The maximum Gasteiger partial charge on any atom is 0.303 e. The molecule has 0 aliphatic carbocycles. The van der Waals surface area contributed by atoms with Crippen molar-refractivity contribution in [3.05, 3.63) is 66.4 Å². The molecule has 0 unspecified atom stereocenters. The van der Waals surface area contributed by atoms with Gasteiger partial charge in [0.15, 0.2) is 5.76 Å². The van der Waals surface area contributed by atoms with Crippen molar-refractivity contribution in [2.24, 2.45) is 5.92 Å². The van der Waals surface area contributed by atoms with Gasteiger partial charge in [0.25, 0.3) is 5.91 Å². The van der Waals surface area contributed by atoms with Crippen LogP contribution in [0.4, 0.5) is 0 Å². The number of hydrogen-bond acceptors (Lipinski definition) is 4. The van der Waals surface area contributed by atoms with Crippen molar-refractivity contribution in [3.63, 3.8) is 0 Å². The number of aromatic nitrogens is 1. The lowest BCUT2D eigenvalue weighted by molar-refractivity contribution is -0.138. The van der Waals surface area contributed by atoms with Crippen LogP contribution in [0.5, 0.6) is 0 Å². The van der Waals surface area contributed by atoms with E-state index in [-0.39, 0.29) is 18.2 Å². The Morgan fingerprint density at radius 3 is 2.45 bits per heavy atom. The maximum atomic E-state index is 13.1. The molecule has 0 radical (unpaired) electrons. The Labute approximate surface area is 168 Å². The molecule has 29 heavy (non-hydrogen) atoms. The van der Waals surface area contributed by atoms with Gasteiger partial charge >= 0.3 is 5.97 Å². The predicted molar refractivity (Wildman–Crippen MR) is 108 cm³/mol. The lowest BCUT2D eigenvalue weighted by Crippen LogP contribution is -2.39. The van der Waals surface area contributed by atoms with Crippen LogP contribution in [0.3, 0.4) is 0 Å². The van der Waals surface area contributed by atoms with Crippen LogP contribution < -0.4 is 0 Å². The monoisotopic (exact) mass is 390 g/mol. The van der Waals surface area contributed by atoms with Gasteiger partial charge in [-0.25, -0.2) is 4.98 Å². The Hall–Kier alpha value is -3.41. The van der Waals surface area contributed by atoms with Crippen LogP contribution in [-0.4, -0.2) is 40.0 Å². The van der Waals surface area contributed by atoms with E-state index in [0.29, 0.717) is 48.7 Å². The van der Waals surface area contributed by atoms with Crippen LogP contribution in [0.2, 0.25) is 0 Å². The lowest BCUT2D eigenvalue weighted by Gasteiger charge is -2.31. The van der Waals surface area contributed by atoms with Gasteiger partial charge in [0.1, 0.15) is 0 Å². The number of carboxylic acid groups (broad SMARTS) is 1. The highest BCUT2D eigenvalue weighted by Gasteiger charge is 2.27. The summed E-state index contributed by atoms with van der Waals surface area (Å²) in [5.41, 5.74) is 2.13. The van der Waals surface area contributed by atoms with Gasteiger partial charge in [-0.15, -0.1) is 0 Å². The summed E-state index contributed by atoms with van der Waals surface area (Å²) in [6.07, 6.45) is 3.25. The number of oxazole rings is 1. The summed E-state index contributed by atoms with van der Waals surface area (Å²) in [6.45, 7) is 1.12. The van der Waals surface area contributed by atoms with Gasteiger partial charge in [0, 0.05) is 30.6 Å². The number of aliphatic carboxylic acids is 1. The molecule has 1 N–H and O–H groups in total. The third-order valence-corrected chi connectivity index (χ3v) is 5.32. The Balaban J connectivity index is 1.54. The molecule has 148 valence electrons. The number of amides is 1. The molecule has 1 fully saturated rings. The van der Waals surface area contributed by atoms with Gasteiger partial charge in [-0.05, 0) is 30.9 Å². The molecule has 6 nitrogen and oxygen atoms in total. The van der Waals surface area contributed by atoms with E-state index in [2.05, 4.69) is 4.98 Å². The van der Waals surface area contributed by atoms with E-state index in [9.17, 15) is 9.59 Å². The number of carboxylic acids is 1. The quantitative estimate of drug-likeness (QED) is 0.701. The minimum atomic E-state index is -0.779. The molecule has 1 amide bonds. The second-order valence-electron chi connectivity index (χ2n) is 7.27. The van der Waals surface area contributed by atoms with Crippen LogP contribution in [0.15, 0.2) is 65.2 Å². The second-order valence-corrected chi connectivity index (χ2v) is 7.27. The zero-order valence-electron chi connectivity index (χ0n) is 16.0. The fraction of sp³-hybridized carbons (Fsp3) is 0.261. The van der Waals surface area contributed by atoms with Crippen molar-refractivity contribution in [1.29, 1.82) is 0 Å². The molecular formula is C23H22N2O4. The summed E-state index contributed by atoms with van der Waals surface area (Å²) in [7, 11) is 0. The Kier molecular flexibility index (Phi) is 5.42. The molecule has 4 rings (SSSR count). The van der Waals surface area contributed by atoms with Gasteiger partial charge in [0.2, 0.25) is 5.89 Å². The third-order valence-electron chi connectivity index (χ3n) is 5.32. The van der Waals surface area contributed by atoms with Crippen LogP contribution in [0.1, 0.15) is 29.6 Å². The average Bonchev–Trinajstić information content (AvgIpc) is 3.24. The second kappa shape index (κ2) is 8.31. The lowest BCUT2D eigenvalue weighted by atomic mass is 9.93. The van der Waals surface area contributed by atoms with Gasteiger partial charge in [-0.2, -0.15) is 0 Å². The van der Waals surface area contributed by atoms with Gasteiger partial charge in [-0.3, -0.25) is 9.59 Å². The van der Waals surface area contributed by atoms with E-state index >= 15 is 0 Å². The van der Waals surface area contributed by atoms with Gasteiger partial charge in [0.05, 0.1) is 11.8 Å². The molecule has 1 aliphatic rings. The molecule has 0 spiro atoms. The zero-order valence-corrected chi connectivity index (χ0v) is 16.0. The number of carbonyl (C=O) groups is 2. The highest BCUT2D eigenvalue weighted by Crippen LogP contribution is 2.30. The standard InChI is InChI=1S/C23H22N2O4/c26-21(27)14-16-10-12-25(13-11-16)23(28)19-9-5-4-8-18(19)22-24-15-20(29-22)17-6-2-1-3-7-17/h1-9,15-16H,10-14H2,(H,26,27). The van der Waals surface area contributed by atoms with Crippen molar-refractivity contribution in [1.82, 2.24) is 9.88 Å². The smallest absolute Gasteiger partial charge is 0.303 e. The largest absolute Gasteiger partial charge is 0.481 e. The van der Waals surface area contributed by atoms with Gasteiger partial charge < -0.3 is 14.4 Å². The molecule has 0 saturated carbocycles. The molecule has 2 aromatic carbocycles. The van der Waals surface area contributed by atoms with E-state index < -0.39 is 5.97 Å². The molecule has 3 aromatic rings. The average molecular weight is 390 g/mol. The Morgan fingerprint density at radius 2 is 1.72 bits per heavy atom. The first-order valence-electron chi connectivity index (χ1n) is 9.73. The summed E-state index contributed by atoms with van der Waals surface area (Å²) >= 11 is 0. The van der Waals surface area contributed by atoms with Crippen LogP contribution in [0, 0.1) is 5.92 Å². The molecular weight excluding hydrogens is 368 g/mol. The summed E-state index contributed by atoms with van der Waals surface area (Å²) in [5.74, 6) is 0.338. The topological polar surface area (TPSA) is 83.6 Å². The number of piperidine rings is 1. The van der Waals surface area contributed by atoms with E-state index in [1.54, 1.807) is 17.2 Å². The summed E-state index contributed by atoms with van der Waals surface area (Å²) in [5, 5.41) is 8.97. The van der Waals surface area contributed by atoms with E-state index in [1.807, 2.05) is 48.5 Å². The molecule has 0 bridgehead atoms. The number of benzene rings is 2. The summed E-state index contributed by atoms with van der Waals surface area (Å²) in [6, 6.07) is 17.0. The molecule has 6 heteroatoms. The number of rotatable bonds is 5. The first kappa shape index (κ1) is 18.9. The first-order valence-corrected chi connectivity index (χ1v) is 9.73. The van der Waals surface area contributed by atoms with Crippen molar-refractivity contribution in [2.75, 3.05) is 13.1 Å². The van der Waals surface area contributed by atoms with Crippen LogP contribution in [-0.2, 0) is 4.79 Å². The Bertz CT molecular complexity index is 1000. The fourth-order valence-corrected chi connectivity index (χ4v) is 3.75. The van der Waals surface area contributed by atoms with Crippen molar-refractivity contribution < 1.29 is 19.1 Å². The highest BCUT2D eigenvalue weighted by molar-refractivity contribution is 6.00. The van der Waals surface area contributed by atoms with E-state index in [0.717, 1.165) is 5.56 Å². The van der Waals surface area contributed by atoms with Gasteiger partial charge in [-0.1, -0.05) is 42.5 Å². The predicted octanol–water partition coefficient (Wildman–Crippen LogP) is 4.34. The molecule has 2 heterocycles. The zero-order chi connectivity index (χ0) is 20.2. The summed E-state index contributed by atoms with van der Waals surface area (Å²) < 4.78 is 5.95. The van der Waals surface area contributed by atoms with Crippen LogP contribution in [0.25, 0.3) is 22.8 Å². The number of nitrogens with zero attached hydrogens (tertiary/aromatic N) is 2. The highest BCUT2D eigenvalue weighted by atomic mass is 16.4. The van der Waals surface area contributed by atoms with Crippen molar-refractivity contribution >= 4 is 11.9 Å². The fourth-order valence-electron chi connectivity index (χ4n) is 3.75. The van der Waals surface area contributed by atoms with E-state index in [4.69, 9.17) is 9.52 Å². The SMILES string of the molecule is O=C(O)CC1CCN(C(=O)c2ccccc2-c2ncc(-c3ccccc3)o2)CC1. The van der Waals surface area contributed by atoms with Crippen molar-refractivity contribution in [3.8, 4) is 22.8 Å². The van der Waals surface area contributed by atoms with Crippen molar-refractivity contribution in [2.45, 2.75) is 19.3 Å². The van der Waals surface area contributed by atoms with Crippen LogP contribution >= 0.6 is 0 Å².